The average Bonchev–Trinajstić information content (AvgIpc) is 2.87. The van der Waals surface area contributed by atoms with Crippen LogP contribution in [0.3, 0.4) is 0 Å². The lowest BCUT2D eigenvalue weighted by atomic mass is 10.1. The Morgan fingerprint density at radius 1 is 1.56 bits per heavy atom. The molecule has 16 heavy (non-hydrogen) atoms. The highest BCUT2D eigenvalue weighted by atomic mass is 79.9. The van der Waals surface area contributed by atoms with Crippen molar-refractivity contribution >= 4 is 27.3 Å². The van der Waals surface area contributed by atoms with Gasteiger partial charge in [0.2, 0.25) is 0 Å². The van der Waals surface area contributed by atoms with Crippen LogP contribution in [0.15, 0.2) is 28.3 Å². The predicted octanol–water partition coefficient (Wildman–Crippen LogP) is 3.00. The average molecular weight is 301 g/mol. The highest BCUT2D eigenvalue weighted by Crippen LogP contribution is 2.28. The van der Waals surface area contributed by atoms with Crippen LogP contribution in [0.5, 0.6) is 0 Å². The summed E-state index contributed by atoms with van der Waals surface area (Å²) in [5.41, 5.74) is 1.07. The first-order chi connectivity index (χ1) is 7.69. The fourth-order valence-corrected chi connectivity index (χ4v) is 2.93. The van der Waals surface area contributed by atoms with Crippen molar-refractivity contribution in [1.29, 1.82) is 0 Å². The maximum atomic E-state index is 10.0. The Morgan fingerprint density at radius 2 is 2.38 bits per heavy atom. The fourth-order valence-electron chi connectivity index (χ4n) is 1.52. The molecular formula is C11H13BrN2OS. The molecule has 2 heterocycles. The zero-order valence-electron chi connectivity index (χ0n) is 8.93. The lowest BCUT2D eigenvalue weighted by Crippen LogP contribution is -1.98. The molecule has 0 amide bonds. The van der Waals surface area contributed by atoms with Crippen molar-refractivity contribution in [3.63, 3.8) is 0 Å². The summed E-state index contributed by atoms with van der Waals surface area (Å²) in [5, 5.41) is 14.2. The largest absolute Gasteiger partial charge is 0.387 e. The molecule has 2 aromatic heterocycles. The fraction of sp³-hybridized carbons (Fsp3) is 0.364. The van der Waals surface area contributed by atoms with Gasteiger partial charge in [0.15, 0.2) is 0 Å². The predicted molar refractivity (Wildman–Crippen MR) is 68.6 cm³/mol. The van der Waals surface area contributed by atoms with E-state index in [0.29, 0.717) is 6.42 Å². The first-order valence-corrected chi connectivity index (χ1v) is 6.74. The molecule has 0 aliphatic rings. The second kappa shape index (κ2) is 5.12. The van der Waals surface area contributed by atoms with Crippen LogP contribution in [-0.4, -0.2) is 14.9 Å². The van der Waals surface area contributed by atoms with Gasteiger partial charge in [-0.1, -0.05) is 0 Å². The first kappa shape index (κ1) is 11.8. The number of thiophene rings is 1. The van der Waals surface area contributed by atoms with E-state index in [9.17, 15) is 5.11 Å². The van der Waals surface area contributed by atoms with E-state index in [-0.39, 0.29) is 0 Å². The van der Waals surface area contributed by atoms with Crippen molar-refractivity contribution in [3.05, 3.63) is 38.8 Å². The summed E-state index contributed by atoms with van der Waals surface area (Å²) >= 11 is 4.96. The van der Waals surface area contributed by atoms with Gasteiger partial charge in [-0.25, -0.2) is 0 Å². The number of hydrogen-bond acceptors (Lipinski definition) is 3. The van der Waals surface area contributed by atoms with E-state index >= 15 is 0 Å². The van der Waals surface area contributed by atoms with Crippen LogP contribution >= 0.6 is 27.3 Å². The molecule has 1 atom stereocenters. The standard InChI is InChI=1S/C11H13BrN2OS/c1-2-14-7-8(6-13-14)5-9(15)10-3-4-11(12)16-10/h3-4,6-7,9,15H,2,5H2,1H3. The van der Waals surface area contributed by atoms with Gasteiger partial charge in [-0.2, -0.15) is 5.10 Å². The van der Waals surface area contributed by atoms with Crippen LogP contribution in [0.2, 0.25) is 0 Å². The molecule has 0 aliphatic heterocycles. The zero-order valence-corrected chi connectivity index (χ0v) is 11.3. The molecule has 2 rings (SSSR count). The Kier molecular flexibility index (Phi) is 3.78. The van der Waals surface area contributed by atoms with E-state index in [1.807, 2.05) is 36.1 Å². The number of rotatable bonds is 4. The van der Waals surface area contributed by atoms with Crippen LogP contribution in [0, 0.1) is 0 Å². The summed E-state index contributed by atoms with van der Waals surface area (Å²) in [5.74, 6) is 0. The molecule has 0 fully saturated rings. The third-order valence-electron chi connectivity index (χ3n) is 2.36. The maximum Gasteiger partial charge on any atom is 0.0923 e. The molecule has 3 nitrogen and oxygen atoms in total. The number of aliphatic hydroxyl groups excluding tert-OH is 1. The van der Waals surface area contributed by atoms with Crippen molar-refractivity contribution in [2.24, 2.45) is 0 Å². The van der Waals surface area contributed by atoms with E-state index in [0.717, 1.165) is 20.8 Å². The molecule has 0 saturated heterocycles. The lowest BCUT2D eigenvalue weighted by molar-refractivity contribution is 0.182. The Balaban J connectivity index is 2.04. The van der Waals surface area contributed by atoms with Crippen molar-refractivity contribution in [2.45, 2.75) is 26.0 Å². The Morgan fingerprint density at radius 3 is 2.94 bits per heavy atom. The Bertz CT molecular complexity index is 466. The summed E-state index contributed by atoms with van der Waals surface area (Å²) in [4.78, 5) is 0.983. The zero-order chi connectivity index (χ0) is 11.5. The normalized spacial score (nSPS) is 12.9. The summed E-state index contributed by atoms with van der Waals surface area (Å²) < 4.78 is 2.91. The number of aliphatic hydroxyl groups is 1. The third kappa shape index (κ3) is 2.72. The lowest BCUT2D eigenvalue weighted by Gasteiger charge is -2.05. The molecule has 5 heteroatoms. The van der Waals surface area contributed by atoms with Gasteiger partial charge in [0.05, 0.1) is 16.1 Å². The van der Waals surface area contributed by atoms with Crippen molar-refractivity contribution in [3.8, 4) is 0 Å². The summed E-state index contributed by atoms with van der Waals surface area (Å²) in [6, 6.07) is 3.91. The van der Waals surface area contributed by atoms with Crippen molar-refractivity contribution in [1.82, 2.24) is 9.78 Å². The smallest absolute Gasteiger partial charge is 0.0923 e. The number of hydrogen-bond donors (Lipinski definition) is 1. The maximum absolute atomic E-state index is 10.0. The van der Waals surface area contributed by atoms with Gasteiger partial charge >= 0.3 is 0 Å². The van der Waals surface area contributed by atoms with E-state index in [2.05, 4.69) is 21.0 Å². The van der Waals surface area contributed by atoms with E-state index < -0.39 is 6.10 Å². The van der Waals surface area contributed by atoms with Gasteiger partial charge in [-0.3, -0.25) is 4.68 Å². The number of nitrogens with zero attached hydrogens (tertiary/aromatic N) is 2. The van der Waals surface area contributed by atoms with Gasteiger partial charge in [-0.15, -0.1) is 11.3 Å². The van der Waals surface area contributed by atoms with E-state index in [4.69, 9.17) is 0 Å². The van der Waals surface area contributed by atoms with Gasteiger partial charge in [-0.05, 0) is 40.5 Å². The van der Waals surface area contributed by atoms with Gasteiger partial charge in [0.25, 0.3) is 0 Å². The summed E-state index contributed by atoms with van der Waals surface area (Å²) in [6.45, 7) is 2.91. The summed E-state index contributed by atoms with van der Waals surface area (Å²) in [6.07, 6.45) is 3.97. The SMILES string of the molecule is CCn1cc(CC(O)c2ccc(Br)s2)cn1. The molecule has 0 aliphatic carbocycles. The van der Waals surface area contributed by atoms with Crippen LogP contribution in [-0.2, 0) is 13.0 Å². The van der Waals surface area contributed by atoms with Crippen molar-refractivity contribution in [2.75, 3.05) is 0 Å². The van der Waals surface area contributed by atoms with Gasteiger partial charge in [0.1, 0.15) is 0 Å². The number of aromatic nitrogens is 2. The Hall–Kier alpha value is -0.650. The topological polar surface area (TPSA) is 38.0 Å². The van der Waals surface area contributed by atoms with Crippen LogP contribution in [0.4, 0.5) is 0 Å². The molecule has 0 radical (unpaired) electrons. The Labute approximate surface area is 107 Å². The van der Waals surface area contributed by atoms with E-state index in [1.165, 1.54) is 0 Å². The molecule has 0 aromatic carbocycles. The minimum Gasteiger partial charge on any atom is -0.387 e. The van der Waals surface area contributed by atoms with Crippen molar-refractivity contribution < 1.29 is 5.11 Å². The highest BCUT2D eigenvalue weighted by molar-refractivity contribution is 9.11. The summed E-state index contributed by atoms with van der Waals surface area (Å²) in [7, 11) is 0. The number of aryl methyl sites for hydroxylation is 1. The minimum absolute atomic E-state index is 0.439. The second-order valence-corrected chi connectivity index (χ2v) is 6.06. The highest BCUT2D eigenvalue weighted by Gasteiger charge is 2.11. The molecule has 0 spiro atoms. The quantitative estimate of drug-likeness (QED) is 0.942. The third-order valence-corrected chi connectivity index (χ3v) is 4.09. The molecular weight excluding hydrogens is 288 g/mol. The van der Waals surface area contributed by atoms with Gasteiger partial charge in [0, 0.05) is 24.0 Å². The monoisotopic (exact) mass is 300 g/mol. The number of halogens is 1. The van der Waals surface area contributed by atoms with Crippen LogP contribution in [0.25, 0.3) is 0 Å². The van der Waals surface area contributed by atoms with E-state index in [1.54, 1.807) is 11.3 Å². The van der Waals surface area contributed by atoms with Crippen LogP contribution < -0.4 is 0 Å². The molecule has 1 N–H and O–H groups in total. The molecule has 1 unspecified atom stereocenters. The molecule has 86 valence electrons. The molecule has 2 aromatic rings. The molecule has 0 bridgehead atoms. The first-order valence-electron chi connectivity index (χ1n) is 5.13. The second-order valence-electron chi connectivity index (χ2n) is 3.57. The van der Waals surface area contributed by atoms with Crippen LogP contribution in [0.1, 0.15) is 23.5 Å². The minimum atomic E-state index is -0.439. The van der Waals surface area contributed by atoms with Gasteiger partial charge < -0.3 is 5.11 Å². The molecule has 0 saturated carbocycles.